The lowest BCUT2D eigenvalue weighted by Gasteiger charge is -2.26. The molecule has 0 saturated carbocycles. The number of methoxy groups -OCH3 is 1. The molecule has 1 N–H and O–H groups in total. The topological polar surface area (TPSA) is 72.3 Å². The normalized spacial score (nSPS) is 18.2. The van der Waals surface area contributed by atoms with E-state index in [1.807, 2.05) is 35.6 Å². The van der Waals surface area contributed by atoms with Gasteiger partial charge in [-0.05, 0) is 43.9 Å². The Labute approximate surface area is 148 Å². The third-order valence-corrected chi connectivity index (χ3v) is 4.74. The number of aromatic nitrogens is 3. The Balaban J connectivity index is 1.62. The Morgan fingerprint density at radius 3 is 2.80 bits per heavy atom. The minimum absolute atomic E-state index is 0.0356. The molecule has 3 rings (SSSR count). The molecule has 2 aromatic rings. The number of hydrogen-bond donors (Lipinski definition) is 1. The molecule has 134 valence electrons. The van der Waals surface area contributed by atoms with Gasteiger partial charge in [-0.25, -0.2) is 4.79 Å². The number of nitrogens with zero attached hydrogens (tertiary/aromatic N) is 4. The summed E-state index contributed by atoms with van der Waals surface area (Å²) in [5.74, 6) is 1.60. The second-order valence-corrected chi connectivity index (χ2v) is 6.51. The summed E-state index contributed by atoms with van der Waals surface area (Å²) in [4.78, 5) is 14.6. The van der Waals surface area contributed by atoms with E-state index in [4.69, 9.17) is 4.74 Å². The number of likely N-dealkylation sites (tertiary alicyclic amines) is 1. The average Bonchev–Trinajstić information content (AvgIpc) is 3.24. The second-order valence-electron chi connectivity index (χ2n) is 6.51. The predicted octanol–water partition coefficient (Wildman–Crippen LogP) is 2.30. The maximum Gasteiger partial charge on any atom is 0.318 e. The molecule has 1 fully saturated rings. The van der Waals surface area contributed by atoms with E-state index in [0.717, 1.165) is 37.4 Å². The van der Waals surface area contributed by atoms with Crippen LogP contribution >= 0.6 is 0 Å². The number of carbonyl (C=O) groups excluding carboxylic acids is 1. The van der Waals surface area contributed by atoms with Gasteiger partial charge in [0.2, 0.25) is 0 Å². The number of nitrogens with one attached hydrogen (secondary N) is 1. The van der Waals surface area contributed by atoms with Crippen molar-refractivity contribution in [3.05, 3.63) is 42.0 Å². The summed E-state index contributed by atoms with van der Waals surface area (Å²) in [5, 5.41) is 11.0. The van der Waals surface area contributed by atoms with Gasteiger partial charge in [0.1, 0.15) is 12.1 Å². The minimum atomic E-state index is -0.178. The molecule has 1 saturated heterocycles. The van der Waals surface area contributed by atoms with Gasteiger partial charge in [-0.2, -0.15) is 0 Å². The Bertz CT molecular complexity index is 713. The summed E-state index contributed by atoms with van der Waals surface area (Å²) in [6, 6.07) is 8.06. The molecule has 7 nitrogen and oxygen atoms in total. The third-order valence-electron chi connectivity index (χ3n) is 4.74. The molecule has 2 atom stereocenters. The van der Waals surface area contributed by atoms with Gasteiger partial charge in [0.25, 0.3) is 0 Å². The van der Waals surface area contributed by atoms with Crippen molar-refractivity contribution in [2.75, 3.05) is 13.7 Å². The Hall–Kier alpha value is -2.57. The van der Waals surface area contributed by atoms with Crippen LogP contribution in [-0.4, -0.2) is 45.4 Å². The van der Waals surface area contributed by atoms with Gasteiger partial charge in [-0.15, -0.1) is 10.2 Å². The standard InChI is InChI=1S/C18H25N5O2/c1-13(17-21-19-12-22(17)2)20-18(24)23-10-4-5-15(23)11-14-6-8-16(25-3)9-7-14/h6-9,12-13,15H,4-5,10-11H2,1-3H3,(H,20,24)/t13-,15+/m1/s1. The molecule has 0 aliphatic carbocycles. The number of rotatable bonds is 5. The summed E-state index contributed by atoms with van der Waals surface area (Å²) in [5.41, 5.74) is 1.21. The molecule has 0 unspecified atom stereocenters. The smallest absolute Gasteiger partial charge is 0.318 e. The van der Waals surface area contributed by atoms with E-state index in [-0.39, 0.29) is 18.1 Å². The zero-order valence-corrected chi connectivity index (χ0v) is 15.0. The first-order valence-corrected chi connectivity index (χ1v) is 8.62. The molecule has 1 aliphatic heterocycles. The molecule has 25 heavy (non-hydrogen) atoms. The molecule has 2 heterocycles. The highest BCUT2D eigenvalue weighted by Crippen LogP contribution is 2.23. The SMILES string of the molecule is COc1ccc(C[C@@H]2CCCN2C(=O)N[C@H](C)c2nncn2C)cc1. The highest BCUT2D eigenvalue weighted by molar-refractivity contribution is 5.75. The van der Waals surface area contributed by atoms with Crippen LogP contribution in [0, 0.1) is 0 Å². The maximum atomic E-state index is 12.7. The number of carbonyl (C=O) groups is 1. The lowest BCUT2D eigenvalue weighted by Crippen LogP contribution is -2.44. The summed E-state index contributed by atoms with van der Waals surface area (Å²) in [7, 11) is 3.54. The van der Waals surface area contributed by atoms with Gasteiger partial charge in [0, 0.05) is 19.6 Å². The predicted molar refractivity (Wildman–Crippen MR) is 94.4 cm³/mol. The van der Waals surface area contributed by atoms with Gasteiger partial charge < -0.3 is 19.5 Å². The largest absolute Gasteiger partial charge is 0.497 e. The van der Waals surface area contributed by atoms with Crippen LogP contribution in [0.25, 0.3) is 0 Å². The van der Waals surface area contributed by atoms with Gasteiger partial charge in [0.15, 0.2) is 5.82 Å². The van der Waals surface area contributed by atoms with E-state index in [9.17, 15) is 4.79 Å². The van der Waals surface area contributed by atoms with Crippen molar-refractivity contribution in [3.63, 3.8) is 0 Å². The van der Waals surface area contributed by atoms with Crippen LogP contribution in [-0.2, 0) is 13.5 Å². The van der Waals surface area contributed by atoms with Gasteiger partial charge >= 0.3 is 6.03 Å². The zero-order valence-electron chi connectivity index (χ0n) is 15.0. The van der Waals surface area contributed by atoms with Crippen LogP contribution in [0.4, 0.5) is 4.79 Å². The van der Waals surface area contributed by atoms with E-state index < -0.39 is 0 Å². The molecule has 1 aromatic carbocycles. The molecule has 1 aromatic heterocycles. The minimum Gasteiger partial charge on any atom is -0.497 e. The van der Waals surface area contributed by atoms with Crippen LogP contribution in [0.5, 0.6) is 5.75 Å². The number of ether oxygens (including phenoxy) is 1. The summed E-state index contributed by atoms with van der Waals surface area (Å²) >= 11 is 0. The monoisotopic (exact) mass is 343 g/mol. The Morgan fingerprint density at radius 1 is 1.40 bits per heavy atom. The van der Waals surface area contributed by atoms with E-state index in [0.29, 0.717) is 0 Å². The number of hydrogen-bond acceptors (Lipinski definition) is 4. The van der Waals surface area contributed by atoms with Gasteiger partial charge in [-0.1, -0.05) is 12.1 Å². The highest BCUT2D eigenvalue weighted by atomic mass is 16.5. The number of amides is 2. The first kappa shape index (κ1) is 17.3. The number of benzene rings is 1. The highest BCUT2D eigenvalue weighted by Gasteiger charge is 2.30. The fraction of sp³-hybridized carbons (Fsp3) is 0.500. The lowest BCUT2D eigenvalue weighted by molar-refractivity contribution is 0.188. The number of urea groups is 1. The van der Waals surface area contributed by atoms with Crippen molar-refractivity contribution in [3.8, 4) is 5.75 Å². The number of aryl methyl sites for hydroxylation is 1. The molecule has 0 spiro atoms. The molecule has 7 heteroatoms. The summed E-state index contributed by atoms with van der Waals surface area (Å²) in [6.45, 7) is 2.72. The second kappa shape index (κ2) is 7.55. The summed E-state index contributed by atoms with van der Waals surface area (Å²) < 4.78 is 7.02. The van der Waals surface area contributed by atoms with Crippen molar-refractivity contribution >= 4 is 6.03 Å². The van der Waals surface area contributed by atoms with E-state index >= 15 is 0 Å². The quantitative estimate of drug-likeness (QED) is 0.904. The van der Waals surface area contributed by atoms with Crippen molar-refractivity contribution in [2.45, 2.75) is 38.3 Å². The van der Waals surface area contributed by atoms with Gasteiger partial charge in [0.05, 0.1) is 13.2 Å². The molecule has 1 aliphatic rings. The maximum absolute atomic E-state index is 12.7. The molecular weight excluding hydrogens is 318 g/mol. The van der Waals surface area contributed by atoms with E-state index in [1.165, 1.54) is 5.56 Å². The van der Waals surface area contributed by atoms with Gasteiger partial charge in [-0.3, -0.25) is 0 Å². The third kappa shape index (κ3) is 3.92. The Morgan fingerprint density at radius 2 is 2.16 bits per heavy atom. The lowest BCUT2D eigenvalue weighted by atomic mass is 10.0. The molecule has 0 radical (unpaired) electrons. The Kier molecular flexibility index (Phi) is 5.21. The van der Waals surface area contributed by atoms with E-state index in [2.05, 4.69) is 27.6 Å². The van der Waals surface area contributed by atoms with Crippen LogP contribution in [0.15, 0.2) is 30.6 Å². The zero-order chi connectivity index (χ0) is 17.8. The average molecular weight is 343 g/mol. The first-order valence-electron chi connectivity index (χ1n) is 8.62. The van der Waals surface area contributed by atoms with Crippen molar-refractivity contribution < 1.29 is 9.53 Å². The van der Waals surface area contributed by atoms with Crippen molar-refractivity contribution in [1.29, 1.82) is 0 Å². The fourth-order valence-corrected chi connectivity index (χ4v) is 3.37. The van der Waals surface area contributed by atoms with Crippen LogP contribution in [0.3, 0.4) is 0 Å². The fourth-order valence-electron chi connectivity index (χ4n) is 3.37. The van der Waals surface area contributed by atoms with Crippen LogP contribution < -0.4 is 10.1 Å². The van der Waals surface area contributed by atoms with Crippen LogP contribution in [0.1, 0.15) is 37.2 Å². The van der Waals surface area contributed by atoms with Crippen LogP contribution in [0.2, 0.25) is 0 Å². The first-order chi connectivity index (χ1) is 12.1. The molecular formula is C18H25N5O2. The molecule has 0 bridgehead atoms. The summed E-state index contributed by atoms with van der Waals surface area (Å²) in [6.07, 6.45) is 4.56. The van der Waals surface area contributed by atoms with Crippen molar-refractivity contribution in [2.24, 2.45) is 7.05 Å². The van der Waals surface area contributed by atoms with Crippen molar-refractivity contribution in [1.82, 2.24) is 25.0 Å². The molecule has 2 amide bonds. The van der Waals surface area contributed by atoms with E-state index in [1.54, 1.807) is 13.4 Å².